The van der Waals surface area contributed by atoms with Crippen LogP contribution in [-0.4, -0.2) is 47.2 Å². The van der Waals surface area contributed by atoms with Gasteiger partial charge in [0.1, 0.15) is 6.54 Å². The number of carbonyl (C=O) groups excluding carboxylic acids is 1. The van der Waals surface area contributed by atoms with E-state index in [-0.39, 0.29) is 24.9 Å². The van der Waals surface area contributed by atoms with Crippen LogP contribution in [0.4, 0.5) is 0 Å². The van der Waals surface area contributed by atoms with Gasteiger partial charge in [0.2, 0.25) is 5.91 Å². The van der Waals surface area contributed by atoms with Crippen molar-refractivity contribution in [3.8, 4) is 0 Å². The lowest BCUT2D eigenvalue weighted by atomic mass is 10.0. The topological polar surface area (TPSA) is 66.8 Å². The summed E-state index contributed by atoms with van der Waals surface area (Å²) in [5.41, 5.74) is -0.539. The maximum absolute atomic E-state index is 11.9. The molecule has 0 aromatic rings. The zero-order valence-electron chi connectivity index (χ0n) is 10.0. The van der Waals surface area contributed by atoms with Crippen LogP contribution in [0.15, 0.2) is 0 Å². The Labute approximate surface area is 95.4 Å². The van der Waals surface area contributed by atoms with Gasteiger partial charge in [-0.15, -0.1) is 0 Å². The Balaban J connectivity index is 2.57. The molecule has 1 N–H and O–H groups in total. The van der Waals surface area contributed by atoms with Crippen molar-refractivity contribution in [2.24, 2.45) is 0 Å². The van der Waals surface area contributed by atoms with Crippen LogP contribution in [0.3, 0.4) is 0 Å². The van der Waals surface area contributed by atoms with Crippen molar-refractivity contribution in [1.29, 1.82) is 0 Å². The summed E-state index contributed by atoms with van der Waals surface area (Å²) in [6, 6.07) is 0.122. The first kappa shape index (κ1) is 13.0. The number of nitrogens with zero attached hydrogens (tertiary/aromatic N) is 1. The van der Waals surface area contributed by atoms with Crippen molar-refractivity contribution in [1.82, 2.24) is 4.90 Å². The molecule has 0 bridgehead atoms. The average Bonchev–Trinajstić information content (AvgIpc) is 2.96. The molecule has 1 aliphatic carbocycles. The number of methoxy groups -OCH3 is 1. The van der Waals surface area contributed by atoms with E-state index >= 15 is 0 Å². The summed E-state index contributed by atoms with van der Waals surface area (Å²) in [6.45, 7) is 3.43. The van der Waals surface area contributed by atoms with Crippen molar-refractivity contribution in [3.05, 3.63) is 0 Å². The van der Waals surface area contributed by atoms with Gasteiger partial charge in [0, 0.05) is 13.2 Å². The Kier molecular flexibility index (Phi) is 3.91. The molecule has 0 aromatic carbocycles. The number of carbonyl (C=O) groups is 2. The molecule has 0 aliphatic heterocycles. The van der Waals surface area contributed by atoms with Crippen LogP contribution in [0.1, 0.15) is 33.1 Å². The highest BCUT2D eigenvalue weighted by molar-refractivity contribution is 5.82. The van der Waals surface area contributed by atoms with Crippen LogP contribution in [-0.2, 0) is 14.3 Å². The van der Waals surface area contributed by atoms with E-state index < -0.39 is 11.6 Å². The predicted octanol–water partition coefficient (Wildman–Crippen LogP) is 0.877. The minimum absolute atomic E-state index is 0.122. The summed E-state index contributed by atoms with van der Waals surface area (Å²) in [5.74, 6) is -1.10. The first-order valence-corrected chi connectivity index (χ1v) is 5.42. The Bertz CT molecular complexity index is 284. The standard InChI is InChI=1S/C11H19NO4/c1-11(2,16-3)6-9(13)12(7-10(14)15)8-4-5-8/h8H,4-7H2,1-3H3,(H,14,15). The fourth-order valence-electron chi connectivity index (χ4n) is 1.49. The van der Waals surface area contributed by atoms with Gasteiger partial charge < -0.3 is 14.7 Å². The van der Waals surface area contributed by atoms with Gasteiger partial charge in [-0.05, 0) is 26.7 Å². The van der Waals surface area contributed by atoms with E-state index in [1.165, 1.54) is 4.90 Å². The first-order valence-electron chi connectivity index (χ1n) is 5.42. The first-order chi connectivity index (χ1) is 7.35. The Morgan fingerprint density at radius 1 is 1.44 bits per heavy atom. The van der Waals surface area contributed by atoms with Gasteiger partial charge in [0.05, 0.1) is 12.0 Å². The summed E-state index contributed by atoms with van der Waals surface area (Å²) >= 11 is 0. The summed E-state index contributed by atoms with van der Waals surface area (Å²) < 4.78 is 5.17. The molecule has 0 atom stereocenters. The van der Waals surface area contributed by atoms with Crippen molar-refractivity contribution < 1.29 is 19.4 Å². The molecule has 1 aliphatic rings. The largest absolute Gasteiger partial charge is 0.480 e. The molecule has 0 spiro atoms. The molecule has 0 saturated heterocycles. The van der Waals surface area contributed by atoms with Crippen molar-refractivity contribution >= 4 is 11.9 Å². The summed E-state index contributed by atoms with van der Waals surface area (Å²) in [6.07, 6.45) is 2.03. The van der Waals surface area contributed by atoms with Crippen LogP contribution in [0.5, 0.6) is 0 Å². The fourth-order valence-corrected chi connectivity index (χ4v) is 1.49. The molecule has 5 heteroatoms. The Morgan fingerprint density at radius 2 is 2.00 bits per heavy atom. The molecule has 0 heterocycles. The van der Waals surface area contributed by atoms with Gasteiger partial charge in [-0.2, -0.15) is 0 Å². The number of hydrogen-bond acceptors (Lipinski definition) is 3. The Hall–Kier alpha value is -1.10. The van der Waals surface area contributed by atoms with E-state index in [1.54, 1.807) is 7.11 Å². The monoisotopic (exact) mass is 229 g/mol. The summed E-state index contributed by atoms with van der Waals surface area (Å²) in [4.78, 5) is 24.0. The van der Waals surface area contributed by atoms with E-state index in [0.717, 1.165) is 12.8 Å². The van der Waals surface area contributed by atoms with Gasteiger partial charge in [0.15, 0.2) is 0 Å². The van der Waals surface area contributed by atoms with Crippen LogP contribution < -0.4 is 0 Å². The van der Waals surface area contributed by atoms with Gasteiger partial charge in [-0.25, -0.2) is 0 Å². The minimum Gasteiger partial charge on any atom is -0.480 e. The summed E-state index contributed by atoms with van der Waals surface area (Å²) in [5, 5.41) is 8.74. The van der Waals surface area contributed by atoms with Crippen LogP contribution >= 0.6 is 0 Å². The lowest BCUT2D eigenvalue weighted by Gasteiger charge is -2.27. The smallest absolute Gasteiger partial charge is 0.323 e. The molecule has 5 nitrogen and oxygen atoms in total. The third-order valence-corrected chi connectivity index (χ3v) is 2.74. The lowest BCUT2D eigenvalue weighted by Crippen LogP contribution is -2.41. The zero-order chi connectivity index (χ0) is 12.3. The van der Waals surface area contributed by atoms with Crippen LogP contribution in [0.2, 0.25) is 0 Å². The van der Waals surface area contributed by atoms with Crippen molar-refractivity contribution in [3.63, 3.8) is 0 Å². The molecule has 92 valence electrons. The minimum atomic E-state index is -0.963. The second-order valence-electron chi connectivity index (χ2n) is 4.79. The SMILES string of the molecule is COC(C)(C)CC(=O)N(CC(=O)O)C1CC1. The summed E-state index contributed by atoms with van der Waals surface area (Å²) in [7, 11) is 1.55. The third kappa shape index (κ3) is 3.81. The normalized spacial score (nSPS) is 15.9. The molecule has 1 fully saturated rings. The van der Waals surface area contributed by atoms with E-state index in [1.807, 2.05) is 13.8 Å². The number of carboxylic acids is 1. The van der Waals surface area contributed by atoms with E-state index in [2.05, 4.69) is 0 Å². The number of ether oxygens (including phenoxy) is 1. The average molecular weight is 229 g/mol. The second kappa shape index (κ2) is 4.82. The van der Waals surface area contributed by atoms with Gasteiger partial charge in [-0.1, -0.05) is 0 Å². The molecule has 1 amide bonds. The molecule has 0 unspecified atom stereocenters. The molecular formula is C11H19NO4. The lowest BCUT2D eigenvalue weighted by molar-refractivity contribution is -0.147. The number of rotatable bonds is 6. The quantitative estimate of drug-likeness (QED) is 0.734. The molecule has 1 rings (SSSR count). The van der Waals surface area contributed by atoms with Gasteiger partial charge >= 0.3 is 5.97 Å². The number of amides is 1. The molecule has 1 saturated carbocycles. The molecule has 0 aromatic heterocycles. The van der Waals surface area contributed by atoms with Gasteiger partial charge in [0.25, 0.3) is 0 Å². The number of carboxylic acid groups (broad SMARTS) is 1. The van der Waals surface area contributed by atoms with E-state index in [9.17, 15) is 9.59 Å². The molecule has 16 heavy (non-hydrogen) atoms. The third-order valence-electron chi connectivity index (χ3n) is 2.74. The maximum Gasteiger partial charge on any atom is 0.323 e. The zero-order valence-corrected chi connectivity index (χ0v) is 10.0. The molecule has 0 radical (unpaired) electrons. The highest BCUT2D eigenvalue weighted by Crippen LogP contribution is 2.28. The van der Waals surface area contributed by atoms with Gasteiger partial charge in [-0.3, -0.25) is 9.59 Å². The maximum atomic E-state index is 11.9. The van der Waals surface area contributed by atoms with E-state index in [4.69, 9.17) is 9.84 Å². The number of hydrogen-bond donors (Lipinski definition) is 1. The predicted molar refractivity (Wildman–Crippen MR) is 58.1 cm³/mol. The van der Waals surface area contributed by atoms with Crippen molar-refractivity contribution in [2.45, 2.75) is 44.8 Å². The highest BCUT2D eigenvalue weighted by Gasteiger charge is 2.35. The molecular weight excluding hydrogens is 210 g/mol. The fraction of sp³-hybridized carbons (Fsp3) is 0.818. The Morgan fingerprint density at radius 3 is 2.38 bits per heavy atom. The van der Waals surface area contributed by atoms with E-state index in [0.29, 0.717) is 0 Å². The number of aliphatic carboxylic acids is 1. The van der Waals surface area contributed by atoms with Crippen molar-refractivity contribution in [2.75, 3.05) is 13.7 Å². The van der Waals surface area contributed by atoms with Crippen LogP contribution in [0, 0.1) is 0 Å². The van der Waals surface area contributed by atoms with Crippen LogP contribution in [0.25, 0.3) is 0 Å². The second-order valence-corrected chi connectivity index (χ2v) is 4.79. The highest BCUT2D eigenvalue weighted by atomic mass is 16.5.